The summed E-state index contributed by atoms with van der Waals surface area (Å²) in [5, 5.41) is 2.53. The number of rotatable bonds is 3. The lowest BCUT2D eigenvalue weighted by atomic mass is 10.2. The molecule has 1 aromatic carbocycles. The second-order valence-corrected chi connectivity index (χ2v) is 5.13. The Labute approximate surface area is 124 Å². The summed E-state index contributed by atoms with van der Waals surface area (Å²) < 4.78 is 37.4. The van der Waals surface area contributed by atoms with Gasteiger partial charge in [0.1, 0.15) is 12.0 Å². The maximum absolute atomic E-state index is 12.5. The molecule has 0 saturated heterocycles. The van der Waals surface area contributed by atoms with Crippen LogP contribution in [0.1, 0.15) is 40.5 Å². The summed E-state index contributed by atoms with van der Waals surface area (Å²) >= 11 is 0. The lowest BCUT2D eigenvalue weighted by Gasteiger charge is -2.09. The molecule has 4 nitrogen and oxygen atoms in total. The van der Waals surface area contributed by atoms with E-state index in [1.165, 1.54) is 18.5 Å². The van der Waals surface area contributed by atoms with Crippen LogP contribution < -0.4 is 5.32 Å². The van der Waals surface area contributed by atoms with Crippen LogP contribution in [-0.4, -0.2) is 15.9 Å². The van der Waals surface area contributed by atoms with E-state index in [4.69, 9.17) is 0 Å². The predicted molar refractivity (Wildman–Crippen MR) is 73.4 cm³/mol. The van der Waals surface area contributed by atoms with Gasteiger partial charge in [-0.1, -0.05) is 0 Å². The van der Waals surface area contributed by atoms with Crippen molar-refractivity contribution in [1.29, 1.82) is 0 Å². The summed E-state index contributed by atoms with van der Waals surface area (Å²) in [6.45, 7) is 0. The highest BCUT2D eigenvalue weighted by Gasteiger charge is 2.30. The second kappa shape index (κ2) is 5.40. The maximum Gasteiger partial charge on any atom is 0.416 e. The molecule has 1 aromatic heterocycles. The molecule has 1 saturated carbocycles. The van der Waals surface area contributed by atoms with Crippen molar-refractivity contribution in [3.8, 4) is 0 Å². The standard InChI is InChI=1S/C15H12F3N3O/c16-15(17,18)10-3-5-11(6-4-10)21-14(22)13-7-12(9-1-2-9)19-8-20-13/h3-9H,1-2H2,(H,21,22). The molecule has 1 N–H and O–H groups in total. The number of carbonyl (C=O) groups excluding carboxylic acids is 1. The van der Waals surface area contributed by atoms with Crippen LogP contribution in [0.25, 0.3) is 0 Å². The predicted octanol–water partition coefficient (Wildman–Crippen LogP) is 3.63. The van der Waals surface area contributed by atoms with Gasteiger partial charge in [-0.2, -0.15) is 13.2 Å². The summed E-state index contributed by atoms with van der Waals surface area (Å²) in [6.07, 6.45) is -0.961. The highest BCUT2D eigenvalue weighted by molar-refractivity contribution is 6.02. The molecule has 1 fully saturated rings. The SMILES string of the molecule is O=C(Nc1ccc(C(F)(F)F)cc1)c1cc(C2CC2)ncn1. The van der Waals surface area contributed by atoms with Crippen molar-refractivity contribution in [3.05, 3.63) is 53.6 Å². The minimum absolute atomic E-state index is 0.205. The zero-order valence-electron chi connectivity index (χ0n) is 11.4. The van der Waals surface area contributed by atoms with Gasteiger partial charge in [-0.3, -0.25) is 4.79 Å². The van der Waals surface area contributed by atoms with Gasteiger partial charge in [-0.05, 0) is 43.2 Å². The van der Waals surface area contributed by atoms with E-state index in [9.17, 15) is 18.0 Å². The van der Waals surface area contributed by atoms with Crippen LogP contribution in [0.4, 0.5) is 18.9 Å². The van der Waals surface area contributed by atoms with E-state index in [1.54, 1.807) is 6.07 Å². The molecule has 0 atom stereocenters. The van der Waals surface area contributed by atoms with Gasteiger partial charge in [-0.25, -0.2) is 9.97 Å². The quantitative estimate of drug-likeness (QED) is 0.942. The number of aromatic nitrogens is 2. The smallest absolute Gasteiger partial charge is 0.321 e. The number of benzene rings is 1. The largest absolute Gasteiger partial charge is 0.416 e. The Hall–Kier alpha value is -2.44. The summed E-state index contributed by atoms with van der Waals surface area (Å²) in [4.78, 5) is 20.1. The molecule has 0 unspecified atom stereocenters. The van der Waals surface area contributed by atoms with Gasteiger partial charge in [0.2, 0.25) is 0 Å². The Morgan fingerprint density at radius 2 is 1.82 bits per heavy atom. The van der Waals surface area contributed by atoms with Crippen LogP contribution in [0, 0.1) is 0 Å². The van der Waals surface area contributed by atoms with Gasteiger partial charge >= 0.3 is 6.18 Å². The van der Waals surface area contributed by atoms with Crippen LogP contribution in [0.3, 0.4) is 0 Å². The monoisotopic (exact) mass is 307 g/mol. The molecule has 0 bridgehead atoms. The van der Waals surface area contributed by atoms with E-state index in [1.807, 2.05) is 0 Å². The summed E-state index contributed by atoms with van der Waals surface area (Å²) in [5.41, 5.74) is 0.553. The third-order valence-corrected chi connectivity index (χ3v) is 3.39. The first-order chi connectivity index (χ1) is 10.4. The third kappa shape index (κ3) is 3.24. The maximum atomic E-state index is 12.5. The van der Waals surface area contributed by atoms with Crippen LogP contribution >= 0.6 is 0 Å². The molecule has 22 heavy (non-hydrogen) atoms. The Morgan fingerprint density at radius 1 is 1.14 bits per heavy atom. The Kier molecular flexibility index (Phi) is 3.56. The van der Waals surface area contributed by atoms with Gasteiger partial charge in [0.25, 0.3) is 5.91 Å². The van der Waals surface area contributed by atoms with E-state index in [-0.39, 0.29) is 11.4 Å². The van der Waals surface area contributed by atoms with E-state index in [0.717, 1.165) is 30.7 Å². The number of carbonyl (C=O) groups is 1. The fraction of sp³-hybridized carbons (Fsp3) is 0.267. The zero-order chi connectivity index (χ0) is 15.7. The van der Waals surface area contributed by atoms with Crippen LogP contribution in [0.5, 0.6) is 0 Å². The Balaban J connectivity index is 1.72. The molecule has 1 amide bonds. The normalized spacial score (nSPS) is 14.7. The number of anilines is 1. The van der Waals surface area contributed by atoms with Crippen LogP contribution in [-0.2, 0) is 6.18 Å². The summed E-state index contributed by atoms with van der Waals surface area (Å²) in [7, 11) is 0. The highest BCUT2D eigenvalue weighted by Crippen LogP contribution is 2.38. The lowest BCUT2D eigenvalue weighted by Crippen LogP contribution is -2.14. The van der Waals surface area contributed by atoms with Crippen molar-refractivity contribution in [2.45, 2.75) is 24.9 Å². The van der Waals surface area contributed by atoms with Gasteiger partial charge in [-0.15, -0.1) is 0 Å². The second-order valence-electron chi connectivity index (χ2n) is 5.13. The number of alkyl halides is 3. The zero-order valence-corrected chi connectivity index (χ0v) is 11.4. The number of hydrogen-bond donors (Lipinski definition) is 1. The fourth-order valence-electron chi connectivity index (χ4n) is 2.04. The lowest BCUT2D eigenvalue weighted by molar-refractivity contribution is -0.137. The molecule has 0 spiro atoms. The average molecular weight is 307 g/mol. The molecule has 0 radical (unpaired) electrons. The first kappa shape index (κ1) is 14.5. The van der Waals surface area contributed by atoms with Gasteiger partial charge in [0.05, 0.1) is 5.56 Å². The number of hydrogen-bond acceptors (Lipinski definition) is 3. The first-order valence-corrected chi connectivity index (χ1v) is 6.74. The van der Waals surface area contributed by atoms with Crippen molar-refractivity contribution in [3.63, 3.8) is 0 Å². The molecule has 1 aliphatic rings. The molecule has 0 aliphatic heterocycles. The Bertz CT molecular complexity index is 694. The number of amides is 1. The fourth-order valence-corrected chi connectivity index (χ4v) is 2.04. The summed E-state index contributed by atoms with van der Waals surface area (Å²) in [5.74, 6) is -0.0790. The van der Waals surface area contributed by atoms with Crippen molar-refractivity contribution in [1.82, 2.24) is 9.97 Å². The van der Waals surface area contributed by atoms with Crippen LogP contribution in [0.15, 0.2) is 36.7 Å². The van der Waals surface area contributed by atoms with Gasteiger partial charge in [0.15, 0.2) is 0 Å². The van der Waals surface area contributed by atoms with Gasteiger partial charge < -0.3 is 5.32 Å². The molecule has 3 rings (SSSR count). The Morgan fingerprint density at radius 3 is 2.41 bits per heavy atom. The molecule has 7 heteroatoms. The molecule has 1 aliphatic carbocycles. The highest BCUT2D eigenvalue weighted by atomic mass is 19.4. The number of nitrogens with zero attached hydrogens (tertiary/aromatic N) is 2. The van der Waals surface area contributed by atoms with E-state index in [0.29, 0.717) is 5.92 Å². The molecular formula is C15H12F3N3O. The third-order valence-electron chi connectivity index (χ3n) is 3.39. The topological polar surface area (TPSA) is 54.9 Å². The van der Waals surface area contributed by atoms with Crippen molar-refractivity contribution in [2.75, 3.05) is 5.32 Å². The van der Waals surface area contributed by atoms with E-state index in [2.05, 4.69) is 15.3 Å². The average Bonchev–Trinajstić information content (AvgIpc) is 3.32. The molecule has 114 valence electrons. The number of halogens is 3. The first-order valence-electron chi connectivity index (χ1n) is 6.74. The molecule has 1 heterocycles. The van der Waals surface area contributed by atoms with Gasteiger partial charge in [0, 0.05) is 17.3 Å². The number of nitrogens with one attached hydrogen (secondary N) is 1. The van der Waals surface area contributed by atoms with Crippen LogP contribution in [0.2, 0.25) is 0 Å². The summed E-state index contributed by atoms with van der Waals surface area (Å²) in [6, 6.07) is 5.89. The minimum atomic E-state index is -4.39. The van der Waals surface area contributed by atoms with E-state index >= 15 is 0 Å². The van der Waals surface area contributed by atoms with E-state index < -0.39 is 17.6 Å². The van der Waals surface area contributed by atoms with Crippen molar-refractivity contribution < 1.29 is 18.0 Å². The minimum Gasteiger partial charge on any atom is -0.321 e. The van der Waals surface area contributed by atoms with Crippen molar-refractivity contribution in [2.24, 2.45) is 0 Å². The molecule has 2 aromatic rings. The molecular weight excluding hydrogens is 295 g/mol. The van der Waals surface area contributed by atoms with Crippen molar-refractivity contribution >= 4 is 11.6 Å².